The van der Waals surface area contributed by atoms with Crippen molar-refractivity contribution in [1.29, 1.82) is 0 Å². The molecule has 1 aliphatic rings. The molecule has 0 radical (unpaired) electrons. The molecule has 1 amide bonds. The summed E-state index contributed by atoms with van der Waals surface area (Å²) in [4.78, 5) is 17.7. The molecule has 0 bridgehead atoms. The fraction of sp³-hybridized carbons (Fsp3) is 0.500. The van der Waals surface area contributed by atoms with Gasteiger partial charge in [0.25, 0.3) is 0 Å². The molecule has 2 heterocycles. The molecule has 0 aromatic carbocycles. The average Bonchev–Trinajstić information content (AvgIpc) is 2.94. The molecule has 0 unspecified atom stereocenters. The molecule has 104 valence electrons. The third-order valence-corrected chi connectivity index (χ3v) is 3.91. The minimum atomic E-state index is 0.176. The van der Waals surface area contributed by atoms with Crippen LogP contribution in [0.1, 0.15) is 0 Å². The summed E-state index contributed by atoms with van der Waals surface area (Å²) < 4.78 is 0. The van der Waals surface area contributed by atoms with Gasteiger partial charge in [0, 0.05) is 31.6 Å². The van der Waals surface area contributed by atoms with Gasteiger partial charge in [0.1, 0.15) is 5.82 Å². The van der Waals surface area contributed by atoms with Crippen molar-refractivity contribution in [3.63, 3.8) is 0 Å². The average molecular weight is 301 g/mol. The molecule has 1 aromatic rings. The van der Waals surface area contributed by atoms with Gasteiger partial charge in [-0.25, -0.2) is 4.98 Å². The number of thioether (sulfide) groups is 1. The van der Waals surface area contributed by atoms with Gasteiger partial charge in [-0.1, -0.05) is 11.6 Å². The number of pyridine rings is 1. The molecular weight excluding hydrogens is 284 g/mol. The van der Waals surface area contributed by atoms with Crippen molar-refractivity contribution in [1.82, 2.24) is 15.2 Å². The van der Waals surface area contributed by atoms with Gasteiger partial charge in [-0.3, -0.25) is 4.79 Å². The topological polar surface area (TPSA) is 57.3 Å². The van der Waals surface area contributed by atoms with E-state index >= 15 is 0 Å². The van der Waals surface area contributed by atoms with Crippen LogP contribution < -0.4 is 10.6 Å². The zero-order valence-corrected chi connectivity index (χ0v) is 12.1. The van der Waals surface area contributed by atoms with Crippen LogP contribution in [0.2, 0.25) is 5.02 Å². The van der Waals surface area contributed by atoms with Crippen molar-refractivity contribution >= 4 is 35.1 Å². The number of carbonyl (C=O) groups excluding carboxylic acids is 1. The van der Waals surface area contributed by atoms with E-state index in [2.05, 4.69) is 15.6 Å². The van der Waals surface area contributed by atoms with Crippen LogP contribution in [0.4, 0.5) is 5.82 Å². The Labute approximate surface area is 122 Å². The highest BCUT2D eigenvalue weighted by molar-refractivity contribution is 7.99. The Morgan fingerprint density at radius 2 is 2.37 bits per heavy atom. The van der Waals surface area contributed by atoms with Crippen LogP contribution in [-0.4, -0.2) is 53.6 Å². The molecule has 1 saturated heterocycles. The van der Waals surface area contributed by atoms with E-state index in [9.17, 15) is 4.79 Å². The zero-order chi connectivity index (χ0) is 13.5. The van der Waals surface area contributed by atoms with Gasteiger partial charge in [-0.05, 0) is 12.1 Å². The van der Waals surface area contributed by atoms with Crippen molar-refractivity contribution < 1.29 is 4.79 Å². The van der Waals surface area contributed by atoms with E-state index in [0.717, 1.165) is 37.1 Å². The van der Waals surface area contributed by atoms with Crippen LogP contribution >= 0.6 is 23.4 Å². The quantitative estimate of drug-likeness (QED) is 0.775. The predicted octanol–water partition coefficient (Wildman–Crippen LogP) is 1.27. The number of nitrogens with zero attached hydrogens (tertiary/aromatic N) is 2. The van der Waals surface area contributed by atoms with E-state index < -0.39 is 0 Å². The maximum absolute atomic E-state index is 11.7. The minimum Gasteiger partial charge on any atom is -0.369 e. The maximum Gasteiger partial charge on any atom is 0.237 e. The van der Waals surface area contributed by atoms with Gasteiger partial charge >= 0.3 is 0 Å². The normalized spacial score (nSPS) is 14.7. The first kappa shape index (κ1) is 14.4. The molecule has 5 nitrogen and oxygen atoms in total. The molecule has 0 spiro atoms. The Morgan fingerprint density at radius 3 is 3.05 bits per heavy atom. The summed E-state index contributed by atoms with van der Waals surface area (Å²) in [5, 5.41) is 6.90. The van der Waals surface area contributed by atoms with Gasteiger partial charge < -0.3 is 15.5 Å². The van der Waals surface area contributed by atoms with Crippen LogP contribution in [0, 0.1) is 0 Å². The summed E-state index contributed by atoms with van der Waals surface area (Å²) in [6.07, 6.45) is 1.60. The van der Waals surface area contributed by atoms with Crippen molar-refractivity contribution in [2.75, 3.05) is 43.1 Å². The zero-order valence-electron chi connectivity index (χ0n) is 10.6. The number of halogens is 1. The van der Waals surface area contributed by atoms with Crippen molar-refractivity contribution in [3.8, 4) is 0 Å². The van der Waals surface area contributed by atoms with Gasteiger partial charge in [0.05, 0.1) is 17.4 Å². The van der Waals surface area contributed by atoms with Crippen LogP contribution in [0.3, 0.4) is 0 Å². The molecule has 19 heavy (non-hydrogen) atoms. The predicted molar refractivity (Wildman–Crippen MR) is 79.6 cm³/mol. The number of hydrogen-bond acceptors (Lipinski definition) is 5. The highest BCUT2D eigenvalue weighted by Crippen LogP contribution is 2.12. The van der Waals surface area contributed by atoms with Crippen LogP contribution in [0.15, 0.2) is 18.3 Å². The molecule has 1 aliphatic heterocycles. The lowest BCUT2D eigenvalue weighted by atomic mass is 10.4. The lowest BCUT2D eigenvalue weighted by molar-refractivity contribution is -0.128. The summed E-state index contributed by atoms with van der Waals surface area (Å²) in [7, 11) is 0. The SMILES string of the molecule is O=C(CNCCNc1ccc(Cl)cn1)N1CCSC1. The molecule has 2 rings (SSSR count). The Balaban J connectivity index is 1.56. The van der Waals surface area contributed by atoms with Crippen molar-refractivity contribution in [2.45, 2.75) is 0 Å². The number of nitrogens with one attached hydrogen (secondary N) is 2. The standard InChI is InChI=1S/C12H17ClN4OS/c13-10-1-2-11(16-7-10)15-4-3-14-8-12(18)17-5-6-19-9-17/h1-2,7,14H,3-6,8-9H2,(H,15,16). The second-order valence-corrected chi connectivity index (χ2v) is 5.67. The number of aromatic nitrogens is 1. The largest absolute Gasteiger partial charge is 0.369 e. The third-order valence-electron chi connectivity index (χ3n) is 2.72. The summed E-state index contributed by atoms with van der Waals surface area (Å²) >= 11 is 7.54. The highest BCUT2D eigenvalue weighted by atomic mass is 35.5. The number of hydrogen-bond donors (Lipinski definition) is 2. The second-order valence-electron chi connectivity index (χ2n) is 4.16. The highest BCUT2D eigenvalue weighted by Gasteiger charge is 2.17. The van der Waals surface area contributed by atoms with E-state index in [0.29, 0.717) is 11.6 Å². The Morgan fingerprint density at radius 1 is 1.47 bits per heavy atom. The van der Waals surface area contributed by atoms with Gasteiger partial charge in [-0.2, -0.15) is 0 Å². The maximum atomic E-state index is 11.7. The third kappa shape index (κ3) is 4.89. The summed E-state index contributed by atoms with van der Waals surface area (Å²) in [6, 6.07) is 3.62. The monoisotopic (exact) mass is 300 g/mol. The molecule has 0 atom stereocenters. The molecule has 7 heteroatoms. The van der Waals surface area contributed by atoms with Gasteiger partial charge in [0.15, 0.2) is 0 Å². The number of carbonyl (C=O) groups is 1. The summed E-state index contributed by atoms with van der Waals surface area (Å²) in [5.74, 6) is 2.84. The second kappa shape index (κ2) is 7.57. The number of amides is 1. The lowest BCUT2D eigenvalue weighted by Crippen LogP contribution is -2.37. The number of rotatable bonds is 6. The van der Waals surface area contributed by atoms with E-state index in [1.54, 1.807) is 24.0 Å². The molecule has 2 N–H and O–H groups in total. The molecule has 0 saturated carbocycles. The first-order chi connectivity index (χ1) is 9.25. The fourth-order valence-electron chi connectivity index (χ4n) is 1.68. The lowest BCUT2D eigenvalue weighted by Gasteiger charge is -2.14. The molecular formula is C12H17ClN4OS. The van der Waals surface area contributed by atoms with Crippen LogP contribution in [0.25, 0.3) is 0 Å². The molecule has 1 aromatic heterocycles. The first-order valence-corrected chi connectivity index (χ1v) is 7.70. The smallest absolute Gasteiger partial charge is 0.237 e. The van der Waals surface area contributed by atoms with Gasteiger partial charge in [0.2, 0.25) is 5.91 Å². The van der Waals surface area contributed by atoms with E-state index in [-0.39, 0.29) is 5.91 Å². The minimum absolute atomic E-state index is 0.176. The van der Waals surface area contributed by atoms with Crippen molar-refractivity contribution in [2.24, 2.45) is 0 Å². The van der Waals surface area contributed by atoms with E-state index in [1.807, 2.05) is 11.0 Å². The fourth-order valence-corrected chi connectivity index (χ4v) is 2.76. The Bertz CT molecular complexity index is 409. The number of anilines is 1. The molecule has 0 aliphatic carbocycles. The van der Waals surface area contributed by atoms with E-state index in [1.165, 1.54) is 0 Å². The van der Waals surface area contributed by atoms with Gasteiger partial charge in [-0.15, -0.1) is 11.8 Å². The van der Waals surface area contributed by atoms with E-state index in [4.69, 9.17) is 11.6 Å². The summed E-state index contributed by atoms with van der Waals surface area (Å²) in [5.41, 5.74) is 0. The van der Waals surface area contributed by atoms with Crippen LogP contribution in [0.5, 0.6) is 0 Å². The Hall–Kier alpha value is -0.980. The van der Waals surface area contributed by atoms with Crippen molar-refractivity contribution in [3.05, 3.63) is 23.4 Å². The van der Waals surface area contributed by atoms with Crippen LogP contribution in [-0.2, 0) is 4.79 Å². The first-order valence-electron chi connectivity index (χ1n) is 6.17. The molecule has 1 fully saturated rings. The summed E-state index contributed by atoms with van der Waals surface area (Å²) in [6.45, 7) is 2.71. The Kier molecular flexibility index (Phi) is 5.75.